The number of hydrogen-bond acceptors (Lipinski definition) is 5. The van der Waals surface area contributed by atoms with Gasteiger partial charge >= 0.3 is 6.03 Å². The lowest BCUT2D eigenvalue weighted by molar-refractivity contribution is -0.0534. The molecular weight excluding hydrogens is 466 g/mol. The van der Waals surface area contributed by atoms with Crippen molar-refractivity contribution in [1.29, 1.82) is 0 Å². The second-order valence-electron chi connectivity index (χ2n) is 10.1. The van der Waals surface area contributed by atoms with Gasteiger partial charge in [-0.3, -0.25) is 4.90 Å². The van der Waals surface area contributed by atoms with Gasteiger partial charge in [-0.2, -0.15) is 0 Å². The second-order valence-corrected chi connectivity index (χ2v) is 10.1. The molecule has 2 amide bonds. The third kappa shape index (κ3) is 5.43. The number of benzene rings is 3. The number of urea groups is 1. The van der Waals surface area contributed by atoms with Crippen molar-refractivity contribution in [3.05, 3.63) is 78.4 Å². The SMILES string of the molecule is O=C(Nc1ccc(-c2ccc3c(c2)OCC2(CCN(Cc4ccccc4)CC2)O3)cc1)N1CCOCC1. The van der Waals surface area contributed by atoms with Crippen LogP contribution in [0.4, 0.5) is 10.5 Å². The van der Waals surface area contributed by atoms with Gasteiger partial charge in [0, 0.05) is 51.3 Å². The summed E-state index contributed by atoms with van der Waals surface area (Å²) in [5.41, 5.74) is 4.00. The van der Waals surface area contributed by atoms with Crippen LogP contribution in [0.3, 0.4) is 0 Å². The van der Waals surface area contributed by atoms with Crippen molar-refractivity contribution >= 4 is 11.7 Å². The number of anilines is 1. The fraction of sp³-hybridized carbons (Fsp3) is 0.367. The number of ether oxygens (including phenoxy) is 3. The fourth-order valence-corrected chi connectivity index (χ4v) is 5.28. The molecule has 0 atom stereocenters. The molecule has 192 valence electrons. The van der Waals surface area contributed by atoms with Crippen LogP contribution in [0.15, 0.2) is 72.8 Å². The van der Waals surface area contributed by atoms with Crippen LogP contribution in [0.1, 0.15) is 18.4 Å². The Morgan fingerprint density at radius 3 is 2.32 bits per heavy atom. The van der Waals surface area contributed by atoms with E-state index >= 15 is 0 Å². The van der Waals surface area contributed by atoms with E-state index in [9.17, 15) is 4.79 Å². The Morgan fingerprint density at radius 1 is 0.838 bits per heavy atom. The van der Waals surface area contributed by atoms with Gasteiger partial charge in [0.15, 0.2) is 11.5 Å². The summed E-state index contributed by atoms with van der Waals surface area (Å²) in [6, 6.07) is 24.6. The minimum atomic E-state index is -0.248. The van der Waals surface area contributed by atoms with Crippen LogP contribution < -0.4 is 14.8 Å². The number of rotatable bonds is 4. The predicted molar refractivity (Wildman–Crippen MR) is 143 cm³/mol. The monoisotopic (exact) mass is 499 g/mol. The molecule has 0 bridgehead atoms. The molecule has 3 aliphatic heterocycles. The standard InChI is InChI=1S/C30H33N3O4/c34-29(33-16-18-35-19-17-33)31-26-9-6-24(7-10-26)25-8-11-27-28(20-25)36-22-30(37-27)12-14-32(15-13-30)21-23-4-2-1-3-5-23/h1-11,20H,12-19,21-22H2,(H,31,34). The maximum absolute atomic E-state index is 12.4. The molecule has 0 saturated carbocycles. The zero-order valence-corrected chi connectivity index (χ0v) is 21.0. The summed E-state index contributed by atoms with van der Waals surface area (Å²) in [4.78, 5) is 16.7. The Balaban J connectivity index is 1.06. The first-order valence-corrected chi connectivity index (χ1v) is 13.1. The number of amides is 2. The topological polar surface area (TPSA) is 63.3 Å². The third-order valence-corrected chi connectivity index (χ3v) is 7.54. The number of hydrogen-bond donors (Lipinski definition) is 1. The summed E-state index contributed by atoms with van der Waals surface area (Å²) in [6.45, 7) is 5.97. The fourth-order valence-electron chi connectivity index (χ4n) is 5.28. The molecule has 1 spiro atoms. The van der Waals surface area contributed by atoms with Crippen LogP contribution in [-0.2, 0) is 11.3 Å². The molecule has 6 rings (SSSR count). The number of morpholine rings is 1. The van der Waals surface area contributed by atoms with E-state index in [-0.39, 0.29) is 11.6 Å². The van der Waals surface area contributed by atoms with Gasteiger partial charge in [-0.1, -0.05) is 48.5 Å². The molecule has 0 aliphatic carbocycles. The third-order valence-electron chi connectivity index (χ3n) is 7.54. The molecule has 2 saturated heterocycles. The van der Waals surface area contributed by atoms with E-state index < -0.39 is 0 Å². The summed E-state index contributed by atoms with van der Waals surface area (Å²) in [6.07, 6.45) is 1.91. The van der Waals surface area contributed by atoms with Gasteiger partial charge < -0.3 is 24.4 Å². The number of piperidine rings is 1. The number of likely N-dealkylation sites (tertiary alicyclic amines) is 1. The van der Waals surface area contributed by atoms with E-state index in [1.165, 1.54) is 5.56 Å². The van der Waals surface area contributed by atoms with Crippen LogP contribution in [0, 0.1) is 0 Å². The Morgan fingerprint density at radius 2 is 1.57 bits per heavy atom. The first kappa shape index (κ1) is 23.8. The Labute approximate surface area is 217 Å². The van der Waals surface area contributed by atoms with Crippen LogP contribution in [0.25, 0.3) is 11.1 Å². The highest BCUT2D eigenvalue weighted by molar-refractivity contribution is 5.89. The van der Waals surface area contributed by atoms with Gasteiger partial charge in [0.05, 0.1) is 13.2 Å². The minimum Gasteiger partial charge on any atom is -0.486 e. The molecule has 0 unspecified atom stereocenters. The number of nitrogens with zero attached hydrogens (tertiary/aromatic N) is 2. The Hall–Kier alpha value is -3.55. The minimum absolute atomic E-state index is 0.0878. The van der Waals surface area contributed by atoms with E-state index in [0.717, 1.165) is 60.8 Å². The second kappa shape index (κ2) is 10.4. The van der Waals surface area contributed by atoms with Crippen molar-refractivity contribution in [3.8, 4) is 22.6 Å². The maximum Gasteiger partial charge on any atom is 0.321 e. The molecule has 7 nitrogen and oxygen atoms in total. The average Bonchev–Trinajstić information content (AvgIpc) is 2.96. The van der Waals surface area contributed by atoms with Gasteiger partial charge in [-0.15, -0.1) is 0 Å². The molecule has 0 aromatic heterocycles. The summed E-state index contributed by atoms with van der Waals surface area (Å²) in [7, 11) is 0. The van der Waals surface area contributed by atoms with E-state index in [4.69, 9.17) is 14.2 Å². The van der Waals surface area contributed by atoms with Gasteiger partial charge in [0.2, 0.25) is 0 Å². The van der Waals surface area contributed by atoms with E-state index in [1.807, 2.05) is 36.4 Å². The highest BCUT2D eigenvalue weighted by atomic mass is 16.6. The van der Waals surface area contributed by atoms with Gasteiger partial charge in [-0.25, -0.2) is 4.79 Å². The first-order chi connectivity index (χ1) is 18.2. The van der Waals surface area contributed by atoms with Crippen molar-refractivity contribution in [3.63, 3.8) is 0 Å². The highest BCUT2D eigenvalue weighted by Crippen LogP contribution is 2.41. The largest absolute Gasteiger partial charge is 0.486 e. The molecule has 7 heteroatoms. The summed E-state index contributed by atoms with van der Waals surface area (Å²) < 4.78 is 18.1. The molecule has 3 heterocycles. The van der Waals surface area contributed by atoms with E-state index in [2.05, 4.69) is 46.6 Å². The lowest BCUT2D eigenvalue weighted by atomic mass is 9.90. The molecule has 0 radical (unpaired) electrons. The first-order valence-electron chi connectivity index (χ1n) is 13.1. The summed E-state index contributed by atoms with van der Waals surface area (Å²) in [5.74, 6) is 1.61. The van der Waals surface area contributed by atoms with Crippen molar-refractivity contribution in [1.82, 2.24) is 9.80 Å². The van der Waals surface area contributed by atoms with Gasteiger partial charge in [0.25, 0.3) is 0 Å². The molecule has 3 aromatic carbocycles. The van der Waals surface area contributed by atoms with Crippen molar-refractivity contribution in [2.75, 3.05) is 51.3 Å². The summed E-state index contributed by atoms with van der Waals surface area (Å²) >= 11 is 0. The number of carbonyl (C=O) groups excluding carboxylic acids is 1. The van der Waals surface area contributed by atoms with Crippen molar-refractivity contribution < 1.29 is 19.0 Å². The van der Waals surface area contributed by atoms with Gasteiger partial charge in [0.1, 0.15) is 12.2 Å². The molecular formula is C30H33N3O4. The quantitative estimate of drug-likeness (QED) is 0.546. The molecule has 3 aromatic rings. The van der Waals surface area contributed by atoms with Crippen molar-refractivity contribution in [2.45, 2.75) is 25.0 Å². The highest BCUT2D eigenvalue weighted by Gasteiger charge is 2.41. The normalized spacial score (nSPS) is 19.0. The predicted octanol–water partition coefficient (Wildman–Crippen LogP) is 5.02. The molecule has 2 fully saturated rings. The zero-order valence-electron chi connectivity index (χ0n) is 21.0. The van der Waals surface area contributed by atoms with Crippen LogP contribution in [-0.4, -0.2) is 67.4 Å². The van der Waals surface area contributed by atoms with E-state index in [0.29, 0.717) is 32.9 Å². The van der Waals surface area contributed by atoms with Crippen LogP contribution in [0.5, 0.6) is 11.5 Å². The average molecular weight is 500 g/mol. The number of carbonyl (C=O) groups is 1. The smallest absolute Gasteiger partial charge is 0.321 e. The maximum atomic E-state index is 12.4. The zero-order chi connectivity index (χ0) is 25.1. The van der Waals surface area contributed by atoms with E-state index in [1.54, 1.807) is 4.90 Å². The Kier molecular flexibility index (Phi) is 6.72. The molecule has 37 heavy (non-hydrogen) atoms. The summed E-state index contributed by atoms with van der Waals surface area (Å²) in [5, 5.41) is 2.97. The number of nitrogens with one attached hydrogen (secondary N) is 1. The van der Waals surface area contributed by atoms with Crippen molar-refractivity contribution in [2.24, 2.45) is 0 Å². The number of fused-ring (bicyclic) bond motifs is 1. The lowest BCUT2D eigenvalue weighted by Gasteiger charge is -2.44. The molecule has 1 N–H and O–H groups in total. The van der Waals surface area contributed by atoms with Crippen LogP contribution in [0.2, 0.25) is 0 Å². The van der Waals surface area contributed by atoms with Crippen LogP contribution >= 0.6 is 0 Å². The van der Waals surface area contributed by atoms with Gasteiger partial charge in [-0.05, 0) is 41.0 Å². The lowest BCUT2D eigenvalue weighted by Crippen LogP contribution is -2.52. The Bertz CT molecular complexity index is 1220. The molecule has 3 aliphatic rings.